The van der Waals surface area contributed by atoms with Crippen molar-refractivity contribution in [2.75, 3.05) is 5.75 Å². The lowest BCUT2D eigenvalue weighted by Gasteiger charge is -2.12. The molecular weight excluding hydrogens is 298 g/mol. The lowest BCUT2D eigenvalue weighted by molar-refractivity contribution is -0.119. The van der Waals surface area contributed by atoms with Crippen LogP contribution in [0.4, 0.5) is 0 Å². The Morgan fingerprint density at radius 2 is 2.09 bits per heavy atom. The number of nitrogens with zero attached hydrogens (tertiary/aromatic N) is 2. The maximum atomic E-state index is 12.5. The van der Waals surface area contributed by atoms with Crippen LogP contribution in [0.25, 0.3) is 11.0 Å². The number of benzene rings is 1. The van der Waals surface area contributed by atoms with E-state index in [4.69, 9.17) is 0 Å². The minimum atomic E-state index is -0.137. The highest BCUT2D eigenvalue weighted by atomic mass is 32.2. The van der Waals surface area contributed by atoms with Crippen molar-refractivity contribution in [2.24, 2.45) is 0 Å². The maximum absolute atomic E-state index is 12.5. The van der Waals surface area contributed by atoms with Crippen LogP contribution in [0.15, 0.2) is 34.1 Å². The molecule has 1 atom stereocenters. The van der Waals surface area contributed by atoms with Crippen LogP contribution in [0, 0.1) is 0 Å². The molecule has 0 unspecified atom stereocenters. The monoisotopic (exact) mass is 319 g/mol. The molecule has 0 saturated heterocycles. The van der Waals surface area contributed by atoms with Crippen LogP contribution in [0.3, 0.4) is 0 Å². The fourth-order valence-corrected chi connectivity index (χ4v) is 2.88. The van der Waals surface area contributed by atoms with E-state index in [-0.39, 0.29) is 23.3 Å². The second-order valence-corrected chi connectivity index (χ2v) is 6.08. The van der Waals surface area contributed by atoms with E-state index in [2.05, 4.69) is 10.3 Å². The Bertz CT molecular complexity index is 727. The number of nitrogens with one attached hydrogen (secondary N) is 1. The second-order valence-electron chi connectivity index (χ2n) is 5.12. The smallest absolute Gasteiger partial charge is 0.283 e. The van der Waals surface area contributed by atoms with Gasteiger partial charge in [-0.05, 0) is 32.4 Å². The van der Waals surface area contributed by atoms with Gasteiger partial charge in [0.05, 0.1) is 16.8 Å². The predicted octanol–water partition coefficient (Wildman–Crippen LogP) is 2.42. The number of aromatic nitrogens is 2. The Kier molecular flexibility index (Phi) is 5.60. The van der Waals surface area contributed by atoms with Crippen molar-refractivity contribution in [3.63, 3.8) is 0 Å². The average Bonchev–Trinajstić information content (AvgIpc) is 2.52. The lowest BCUT2D eigenvalue weighted by atomic mass is 10.3. The molecule has 1 aromatic carbocycles. The number of hydrogen-bond donors (Lipinski definition) is 1. The molecule has 1 amide bonds. The molecule has 1 N–H and O–H groups in total. The Morgan fingerprint density at radius 3 is 2.77 bits per heavy atom. The fraction of sp³-hybridized carbons (Fsp3) is 0.438. The van der Waals surface area contributed by atoms with E-state index < -0.39 is 0 Å². The van der Waals surface area contributed by atoms with Crippen molar-refractivity contribution in [1.29, 1.82) is 0 Å². The van der Waals surface area contributed by atoms with Crippen LogP contribution in [-0.2, 0) is 11.3 Å². The molecule has 2 rings (SSSR count). The highest BCUT2D eigenvalue weighted by Gasteiger charge is 2.13. The van der Waals surface area contributed by atoms with Gasteiger partial charge in [-0.25, -0.2) is 4.98 Å². The number of fused-ring (bicyclic) bond motifs is 1. The first-order chi connectivity index (χ1) is 10.6. The third-order valence-electron chi connectivity index (χ3n) is 3.50. The van der Waals surface area contributed by atoms with Gasteiger partial charge >= 0.3 is 0 Å². The summed E-state index contributed by atoms with van der Waals surface area (Å²) in [5.74, 6) is 0.131. The van der Waals surface area contributed by atoms with Gasteiger partial charge in [-0.3, -0.25) is 9.59 Å². The number of para-hydroxylation sites is 2. The Balaban J connectivity index is 2.23. The molecule has 1 aromatic heterocycles. The summed E-state index contributed by atoms with van der Waals surface area (Å²) in [7, 11) is 0. The predicted molar refractivity (Wildman–Crippen MR) is 90.3 cm³/mol. The molecule has 1 heterocycles. The molecule has 0 fully saturated rings. The van der Waals surface area contributed by atoms with E-state index in [9.17, 15) is 9.59 Å². The van der Waals surface area contributed by atoms with Crippen LogP contribution in [0.2, 0.25) is 0 Å². The molecule has 118 valence electrons. The zero-order valence-corrected chi connectivity index (χ0v) is 13.9. The van der Waals surface area contributed by atoms with E-state index in [1.807, 2.05) is 45.0 Å². The number of thioether (sulfide) groups is 1. The van der Waals surface area contributed by atoms with E-state index in [1.54, 1.807) is 4.57 Å². The maximum Gasteiger partial charge on any atom is 0.283 e. The molecular formula is C16H21N3O2S. The number of amides is 1. The van der Waals surface area contributed by atoms with Gasteiger partial charge in [0.25, 0.3) is 5.56 Å². The average molecular weight is 319 g/mol. The van der Waals surface area contributed by atoms with Gasteiger partial charge in [0.2, 0.25) is 5.91 Å². The van der Waals surface area contributed by atoms with Crippen LogP contribution in [-0.4, -0.2) is 27.3 Å². The summed E-state index contributed by atoms with van der Waals surface area (Å²) in [6.45, 7) is 6.48. The van der Waals surface area contributed by atoms with Gasteiger partial charge in [0.1, 0.15) is 0 Å². The third kappa shape index (κ3) is 3.68. The summed E-state index contributed by atoms with van der Waals surface area (Å²) in [6.07, 6.45) is 0.882. The van der Waals surface area contributed by atoms with Crippen molar-refractivity contribution >= 4 is 28.7 Å². The van der Waals surface area contributed by atoms with Crippen LogP contribution in [0.1, 0.15) is 27.2 Å². The molecule has 2 aromatic rings. The summed E-state index contributed by atoms with van der Waals surface area (Å²) >= 11 is 1.20. The Labute approximate surface area is 134 Å². The molecule has 6 heteroatoms. The minimum Gasteiger partial charge on any atom is -0.353 e. The van der Waals surface area contributed by atoms with Gasteiger partial charge < -0.3 is 9.88 Å². The number of hydrogen-bond acceptors (Lipinski definition) is 4. The summed E-state index contributed by atoms with van der Waals surface area (Å²) in [5, 5.41) is 3.26. The first kappa shape index (κ1) is 16.5. The van der Waals surface area contributed by atoms with E-state index in [1.165, 1.54) is 11.8 Å². The summed E-state index contributed by atoms with van der Waals surface area (Å²) in [6, 6.07) is 7.69. The van der Waals surface area contributed by atoms with Crippen molar-refractivity contribution < 1.29 is 4.79 Å². The third-order valence-corrected chi connectivity index (χ3v) is 4.44. The standard InChI is InChI=1S/C16H21N3O2S/c1-4-11(3)17-14(20)10-22-15-16(21)19(5-2)13-9-7-6-8-12(13)18-15/h6-9,11H,4-5,10H2,1-3H3,(H,17,20)/t11-/m0/s1. The van der Waals surface area contributed by atoms with E-state index >= 15 is 0 Å². The Morgan fingerprint density at radius 1 is 1.36 bits per heavy atom. The lowest BCUT2D eigenvalue weighted by Crippen LogP contribution is -2.33. The van der Waals surface area contributed by atoms with Crippen molar-refractivity contribution in [2.45, 2.75) is 44.8 Å². The minimum absolute atomic E-state index is 0.0724. The van der Waals surface area contributed by atoms with Crippen molar-refractivity contribution in [3.05, 3.63) is 34.6 Å². The molecule has 0 aliphatic heterocycles. The zero-order chi connectivity index (χ0) is 16.1. The summed E-state index contributed by atoms with van der Waals surface area (Å²) < 4.78 is 1.69. The molecule has 22 heavy (non-hydrogen) atoms. The van der Waals surface area contributed by atoms with Gasteiger partial charge in [0, 0.05) is 12.6 Å². The highest BCUT2D eigenvalue weighted by molar-refractivity contribution is 7.99. The molecule has 0 spiro atoms. The van der Waals surface area contributed by atoms with Gasteiger partial charge in [-0.1, -0.05) is 30.8 Å². The van der Waals surface area contributed by atoms with Crippen molar-refractivity contribution in [1.82, 2.24) is 14.9 Å². The number of rotatable bonds is 6. The first-order valence-electron chi connectivity index (χ1n) is 7.48. The van der Waals surface area contributed by atoms with Gasteiger partial charge in [0.15, 0.2) is 5.03 Å². The normalized spacial score (nSPS) is 12.3. The van der Waals surface area contributed by atoms with Gasteiger partial charge in [-0.2, -0.15) is 0 Å². The van der Waals surface area contributed by atoms with E-state index in [0.717, 1.165) is 17.5 Å². The fourth-order valence-electron chi connectivity index (χ4n) is 2.13. The van der Waals surface area contributed by atoms with Crippen LogP contribution >= 0.6 is 11.8 Å². The Hall–Kier alpha value is -1.82. The molecule has 0 aliphatic carbocycles. The molecule has 0 aliphatic rings. The highest BCUT2D eigenvalue weighted by Crippen LogP contribution is 2.16. The largest absolute Gasteiger partial charge is 0.353 e. The van der Waals surface area contributed by atoms with Crippen molar-refractivity contribution in [3.8, 4) is 0 Å². The first-order valence-corrected chi connectivity index (χ1v) is 8.47. The van der Waals surface area contributed by atoms with Crippen LogP contribution < -0.4 is 10.9 Å². The number of carbonyl (C=O) groups excluding carboxylic acids is 1. The zero-order valence-electron chi connectivity index (χ0n) is 13.1. The van der Waals surface area contributed by atoms with Crippen LogP contribution in [0.5, 0.6) is 0 Å². The topological polar surface area (TPSA) is 64.0 Å². The molecule has 0 radical (unpaired) electrons. The van der Waals surface area contributed by atoms with Gasteiger partial charge in [-0.15, -0.1) is 0 Å². The SMILES string of the molecule is CC[C@H](C)NC(=O)CSc1nc2ccccc2n(CC)c1=O. The second kappa shape index (κ2) is 7.45. The molecule has 0 bridgehead atoms. The number of carbonyl (C=O) groups is 1. The quantitative estimate of drug-likeness (QED) is 0.831. The van der Waals surface area contributed by atoms with E-state index in [0.29, 0.717) is 11.6 Å². The molecule has 0 saturated carbocycles. The summed E-state index contributed by atoms with van der Waals surface area (Å²) in [5.41, 5.74) is 1.46. The number of aryl methyl sites for hydroxylation is 1. The summed E-state index contributed by atoms with van der Waals surface area (Å²) in [4.78, 5) is 28.7. The molecule has 5 nitrogen and oxygen atoms in total.